The molecule has 2 atom stereocenters. The molecule has 2 N–H and O–H groups in total. The van der Waals surface area contributed by atoms with Gasteiger partial charge in [0.2, 0.25) is 0 Å². The van der Waals surface area contributed by atoms with E-state index in [1.807, 2.05) is 12.1 Å². The van der Waals surface area contributed by atoms with E-state index in [1.54, 1.807) is 12.4 Å². The Bertz CT molecular complexity index is 582. The van der Waals surface area contributed by atoms with Crippen LogP contribution in [0.5, 0.6) is 0 Å². The molecule has 5 rings (SSSR count). The van der Waals surface area contributed by atoms with E-state index in [2.05, 4.69) is 29.5 Å². The van der Waals surface area contributed by atoms with Crippen LogP contribution >= 0.6 is 0 Å². The molecular formula is C18H25N3O. The highest BCUT2D eigenvalue weighted by atomic mass is 16.2. The Balaban J connectivity index is 1.51. The fourth-order valence-corrected chi connectivity index (χ4v) is 6.43. The molecule has 1 aromatic rings. The highest BCUT2D eigenvalue weighted by molar-refractivity contribution is 5.89. The van der Waals surface area contributed by atoms with Crippen molar-refractivity contribution in [3.05, 3.63) is 24.5 Å². The van der Waals surface area contributed by atoms with Crippen molar-refractivity contribution in [1.82, 2.24) is 10.3 Å². The maximum absolute atomic E-state index is 12.5. The van der Waals surface area contributed by atoms with Crippen LogP contribution in [-0.4, -0.2) is 16.6 Å². The van der Waals surface area contributed by atoms with Crippen molar-refractivity contribution < 1.29 is 4.79 Å². The summed E-state index contributed by atoms with van der Waals surface area (Å²) in [4.78, 5) is 16.5. The van der Waals surface area contributed by atoms with Gasteiger partial charge in [0.05, 0.1) is 11.9 Å². The van der Waals surface area contributed by atoms with E-state index >= 15 is 0 Å². The minimum absolute atomic E-state index is 0.00475. The molecule has 1 heterocycles. The molecule has 2 amide bonds. The lowest BCUT2D eigenvalue weighted by Crippen LogP contribution is -2.65. The molecule has 1 aromatic heterocycles. The fraction of sp³-hybridized carbons (Fsp3) is 0.667. The Morgan fingerprint density at radius 1 is 1.18 bits per heavy atom. The number of nitrogens with one attached hydrogen (secondary N) is 2. The number of urea groups is 1. The molecule has 4 aliphatic rings. The number of carbonyl (C=O) groups is 1. The Labute approximate surface area is 132 Å². The second-order valence-electron chi connectivity index (χ2n) is 8.73. The van der Waals surface area contributed by atoms with Crippen molar-refractivity contribution in [3.63, 3.8) is 0 Å². The average Bonchev–Trinajstić information content (AvgIpc) is 2.34. The zero-order chi connectivity index (χ0) is 15.4. The lowest BCUT2D eigenvalue weighted by Gasteiger charge is -2.65. The van der Waals surface area contributed by atoms with Crippen molar-refractivity contribution in [2.24, 2.45) is 16.7 Å². The zero-order valence-corrected chi connectivity index (χ0v) is 13.5. The van der Waals surface area contributed by atoms with E-state index in [0.29, 0.717) is 10.8 Å². The molecule has 2 unspecified atom stereocenters. The molecule has 4 aliphatic carbocycles. The number of amides is 2. The first-order chi connectivity index (χ1) is 10.4. The second kappa shape index (κ2) is 4.46. The first kappa shape index (κ1) is 14.0. The number of hydrogen-bond acceptors (Lipinski definition) is 2. The van der Waals surface area contributed by atoms with E-state index in [-0.39, 0.29) is 11.6 Å². The zero-order valence-electron chi connectivity index (χ0n) is 13.5. The monoisotopic (exact) mass is 299 g/mol. The van der Waals surface area contributed by atoms with Crippen LogP contribution < -0.4 is 10.6 Å². The predicted octanol–water partition coefficient (Wildman–Crippen LogP) is 3.95. The maximum Gasteiger partial charge on any atom is 0.319 e. The Kier molecular flexibility index (Phi) is 2.85. The molecule has 0 aromatic carbocycles. The third kappa shape index (κ3) is 2.38. The molecule has 0 saturated heterocycles. The van der Waals surface area contributed by atoms with Crippen molar-refractivity contribution in [3.8, 4) is 0 Å². The fourth-order valence-electron chi connectivity index (χ4n) is 6.43. The lowest BCUT2D eigenvalue weighted by atomic mass is 9.43. The molecule has 22 heavy (non-hydrogen) atoms. The van der Waals surface area contributed by atoms with E-state index in [4.69, 9.17) is 0 Å². The Morgan fingerprint density at radius 3 is 2.50 bits per heavy atom. The summed E-state index contributed by atoms with van der Waals surface area (Å²) in [7, 11) is 0. The van der Waals surface area contributed by atoms with Crippen LogP contribution in [0.4, 0.5) is 10.5 Å². The van der Waals surface area contributed by atoms with Crippen LogP contribution in [0, 0.1) is 16.7 Å². The second-order valence-corrected chi connectivity index (χ2v) is 8.73. The van der Waals surface area contributed by atoms with Gasteiger partial charge in [-0.3, -0.25) is 4.98 Å². The molecule has 118 valence electrons. The summed E-state index contributed by atoms with van der Waals surface area (Å²) in [5.74, 6) is 0.782. The number of pyridine rings is 1. The van der Waals surface area contributed by atoms with Crippen molar-refractivity contribution in [2.75, 3.05) is 5.32 Å². The number of carbonyl (C=O) groups excluding carboxylic acids is 1. The molecule has 4 fully saturated rings. The van der Waals surface area contributed by atoms with Crippen molar-refractivity contribution in [2.45, 2.75) is 57.9 Å². The third-order valence-corrected chi connectivity index (χ3v) is 5.92. The van der Waals surface area contributed by atoms with Crippen molar-refractivity contribution >= 4 is 11.7 Å². The van der Waals surface area contributed by atoms with Crippen LogP contribution in [0.15, 0.2) is 24.5 Å². The predicted molar refractivity (Wildman–Crippen MR) is 86.5 cm³/mol. The Hall–Kier alpha value is -1.58. The standard InChI is InChI=1S/C18H25N3O/c1-16-6-13-7-17(2,10-16)12-18(8-13,11-16)21-15(22)20-14-4-3-5-19-9-14/h3-5,9,13H,6-8,10-12H2,1-2H3,(H2,20,21,22). The summed E-state index contributed by atoms with van der Waals surface area (Å²) in [6, 6.07) is 3.62. The van der Waals surface area contributed by atoms with Crippen molar-refractivity contribution in [1.29, 1.82) is 0 Å². The van der Waals surface area contributed by atoms with Crippen LogP contribution in [0.2, 0.25) is 0 Å². The smallest absolute Gasteiger partial charge is 0.319 e. The summed E-state index contributed by atoms with van der Waals surface area (Å²) in [6.07, 6.45) is 10.8. The quantitative estimate of drug-likeness (QED) is 0.868. The number of aromatic nitrogens is 1. The summed E-state index contributed by atoms with van der Waals surface area (Å²) in [5.41, 5.74) is 1.57. The summed E-state index contributed by atoms with van der Waals surface area (Å²) >= 11 is 0. The highest BCUT2D eigenvalue weighted by Gasteiger charge is 2.60. The van der Waals surface area contributed by atoms with Gasteiger partial charge < -0.3 is 10.6 Å². The van der Waals surface area contributed by atoms with Crippen LogP contribution in [0.1, 0.15) is 52.4 Å². The minimum Gasteiger partial charge on any atom is -0.332 e. The molecule has 4 nitrogen and oxygen atoms in total. The first-order valence-electron chi connectivity index (χ1n) is 8.37. The minimum atomic E-state index is -0.0813. The van der Waals surface area contributed by atoms with Gasteiger partial charge in [0.15, 0.2) is 0 Å². The van der Waals surface area contributed by atoms with E-state index < -0.39 is 0 Å². The highest BCUT2D eigenvalue weighted by Crippen LogP contribution is 2.66. The SMILES string of the molecule is CC12CC3CC(C)(C1)CC(NC(=O)Nc1cccnc1)(C3)C2. The average molecular weight is 299 g/mol. The van der Waals surface area contributed by atoms with E-state index in [0.717, 1.165) is 30.9 Å². The van der Waals surface area contributed by atoms with E-state index in [9.17, 15) is 4.79 Å². The van der Waals surface area contributed by atoms with Gasteiger partial charge in [0, 0.05) is 11.7 Å². The van der Waals surface area contributed by atoms with E-state index in [1.165, 1.54) is 19.3 Å². The number of hydrogen-bond donors (Lipinski definition) is 2. The molecular weight excluding hydrogens is 274 g/mol. The van der Waals surface area contributed by atoms with Crippen LogP contribution in [0.25, 0.3) is 0 Å². The maximum atomic E-state index is 12.5. The van der Waals surface area contributed by atoms with Gasteiger partial charge in [-0.1, -0.05) is 13.8 Å². The van der Waals surface area contributed by atoms with Crippen LogP contribution in [0.3, 0.4) is 0 Å². The summed E-state index contributed by atoms with van der Waals surface area (Å²) in [5, 5.41) is 6.28. The molecule has 4 bridgehead atoms. The summed E-state index contributed by atoms with van der Waals surface area (Å²) < 4.78 is 0. The van der Waals surface area contributed by atoms with Gasteiger partial charge in [-0.05, 0) is 67.4 Å². The number of nitrogens with zero attached hydrogens (tertiary/aromatic N) is 1. The topological polar surface area (TPSA) is 54.0 Å². The Morgan fingerprint density at radius 2 is 1.91 bits per heavy atom. The number of rotatable bonds is 2. The van der Waals surface area contributed by atoms with Gasteiger partial charge in [-0.25, -0.2) is 4.79 Å². The van der Waals surface area contributed by atoms with Gasteiger partial charge in [-0.2, -0.15) is 0 Å². The molecule has 4 heteroatoms. The number of anilines is 1. The molecule has 4 saturated carbocycles. The van der Waals surface area contributed by atoms with Gasteiger partial charge in [-0.15, -0.1) is 0 Å². The molecule has 0 spiro atoms. The first-order valence-corrected chi connectivity index (χ1v) is 8.37. The lowest BCUT2D eigenvalue weighted by molar-refractivity contribution is -0.113. The molecule has 0 radical (unpaired) electrons. The summed E-state index contributed by atoms with van der Waals surface area (Å²) in [6.45, 7) is 4.84. The third-order valence-electron chi connectivity index (χ3n) is 5.92. The van der Waals surface area contributed by atoms with Gasteiger partial charge in [0.1, 0.15) is 0 Å². The van der Waals surface area contributed by atoms with Crippen LogP contribution in [-0.2, 0) is 0 Å². The van der Waals surface area contributed by atoms with Gasteiger partial charge >= 0.3 is 6.03 Å². The van der Waals surface area contributed by atoms with Gasteiger partial charge in [0.25, 0.3) is 0 Å². The largest absolute Gasteiger partial charge is 0.332 e. The normalized spacial score (nSPS) is 42.2. The molecule has 0 aliphatic heterocycles.